The summed E-state index contributed by atoms with van der Waals surface area (Å²) in [5.74, 6) is -2.16. The normalized spacial score (nSPS) is 29.0. The van der Waals surface area contributed by atoms with Gasteiger partial charge in [0.25, 0.3) is 5.91 Å². The fourth-order valence-corrected chi connectivity index (χ4v) is 10.6. The van der Waals surface area contributed by atoms with Crippen molar-refractivity contribution in [3.63, 3.8) is 0 Å². The molecule has 4 heterocycles. The molecule has 7 rings (SSSR count). The van der Waals surface area contributed by atoms with E-state index in [9.17, 15) is 9.90 Å². The number of benzene rings is 3. The molecule has 7 nitrogen and oxygen atoms in total. The molecule has 242 valence electrons. The molecule has 0 bridgehead atoms. The van der Waals surface area contributed by atoms with Gasteiger partial charge in [-0.3, -0.25) is 14.4 Å². The summed E-state index contributed by atoms with van der Waals surface area (Å²) in [4.78, 5) is 50.0. The van der Waals surface area contributed by atoms with Gasteiger partial charge in [0.05, 0.1) is 39.9 Å². The van der Waals surface area contributed by atoms with E-state index >= 15 is 9.59 Å². The van der Waals surface area contributed by atoms with Crippen molar-refractivity contribution in [1.82, 2.24) is 9.80 Å². The van der Waals surface area contributed by atoms with Gasteiger partial charge in [-0.05, 0) is 43.0 Å². The lowest BCUT2D eigenvalue weighted by molar-refractivity contribution is -0.145. The highest BCUT2D eigenvalue weighted by Crippen LogP contribution is 2.66. The van der Waals surface area contributed by atoms with Gasteiger partial charge in [0.1, 0.15) is 6.04 Å². The molecule has 2 saturated heterocycles. The van der Waals surface area contributed by atoms with Crippen molar-refractivity contribution >= 4 is 46.8 Å². The predicted molar refractivity (Wildman–Crippen MR) is 186 cm³/mol. The molecule has 0 aromatic heterocycles. The Bertz CT molecular complexity index is 1750. The Morgan fingerprint density at radius 3 is 2.21 bits per heavy atom. The first kappa shape index (κ1) is 31.7. The Labute approximate surface area is 284 Å². The minimum atomic E-state index is -1.04. The minimum absolute atomic E-state index is 0.0998. The van der Waals surface area contributed by atoms with Crippen LogP contribution in [0.4, 0.5) is 5.69 Å². The number of thioether (sulfide) groups is 1. The van der Waals surface area contributed by atoms with Gasteiger partial charge in [-0.1, -0.05) is 109 Å². The van der Waals surface area contributed by atoms with Crippen molar-refractivity contribution in [1.29, 1.82) is 0 Å². The fraction of sp³-hybridized carbons (Fsp3) is 0.342. The molecule has 47 heavy (non-hydrogen) atoms. The molecule has 0 radical (unpaired) electrons. The molecule has 4 aliphatic heterocycles. The molecule has 4 aliphatic rings. The molecule has 0 saturated carbocycles. The number of aryl methyl sites for hydroxylation is 1. The van der Waals surface area contributed by atoms with Crippen molar-refractivity contribution in [2.75, 3.05) is 24.6 Å². The largest absolute Gasteiger partial charge is 0.394 e. The van der Waals surface area contributed by atoms with Gasteiger partial charge in [-0.25, -0.2) is 0 Å². The van der Waals surface area contributed by atoms with E-state index in [2.05, 4.69) is 6.08 Å². The minimum Gasteiger partial charge on any atom is -0.394 e. The van der Waals surface area contributed by atoms with Gasteiger partial charge in [0.15, 0.2) is 0 Å². The number of anilines is 1. The lowest BCUT2D eigenvalue weighted by Gasteiger charge is -2.40. The summed E-state index contributed by atoms with van der Waals surface area (Å²) in [6.45, 7) is 4.73. The highest BCUT2D eigenvalue weighted by molar-refractivity contribution is 8.02. The van der Waals surface area contributed by atoms with Gasteiger partial charge in [0, 0.05) is 24.4 Å². The Morgan fingerprint density at radius 1 is 0.851 bits per heavy atom. The topological polar surface area (TPSA) is 81.2 Å². The van der Waals surface area contributed by atoms with Crippen molar-refractivity contribution in [2.24, 2.45) is 11.8 Å². The molecular weight excluding hydrogens is 630 g/mol. The number of rotatable bonds is 7. The SMILES string of the molecule is Cc1cccc(Cl)c1N1CC=C[C@]23S[C@@]4(C)C=CCN(Cc5ccccc5)C(=O)[C@H]4[C@H]2C(=O)N([C@@H](CO)Cc2ccccc2)C3C1=O. The van der Waals surface area contributed by atoms with E-state index in [4.69, 9.17) is 11.6 Å². The zero-order valence-electron chi connectivity index (χ0n) is 26.5. The van der Waals surface area contributed by atoms with Crippen LogP contribution in [0.2, 0.25) is 5.02 Å². The van der Waals surface area contributed by atoms with Crippen LogP contribution in [0.3, 0.4) is 0 Å². The molecule has 1 unspecified atom stereocenters. The summed E-state index contributed by atoms with van der Waals surface area (Å²) in [5, 5.41) is 11.3. The third kappa shape index (κ3) is 5.21. The first-order valence-electron chi connectivity index (χ1n) is 16.1. The second-order valence-electron chi connectivity index (χ2n) is 13.1. The molecule has 3 aromatic rings. The average Bonchev–Trinajstić information content (AvgIpc) is 3.35. The number of halogens is 1. The van der Waals surface area contributed by atoms with E-state index in [0.29, 0.717) is 30.2 Å². The van der Waals surface area contributed by atoms with Crippen LogP contribution in [0.25, 0.3) is 0 Å². The van der Waals surface area contributed by atoms with E-state index in [1.165, 1.54) is 0 Å². The summed E-state index contributed by atoms with van der Waals surface area (Å²) < 4.78 is -1.78. The zero-order chi connectivity index (χ0) is 32.9. The van der Waals surface area contributed by atoms with Crippen LogP contribution < -0.4 is 4.90 Å². The Morgan fingerprint density at radius 2 is 1.53 bits per heavy atom. The Balaban J connectivity index is 1.36. The number of nitrogens with zero attached hydrogens (tertiary/aromatic N) is 3. The van der Waals surface area contributed by atoms with Gasteiger partial charge >= 0.3 is 0 Å². The highest BCUT2D eigenvalue weighted by Gasteiger charge is 2.74. The molecule has 6 atom stereocenters. The van der Waals surface area contributed by atoms with E-state index in [1.54, 1.807) is 27.6 Å². The maximum Gasteiger partial charge on any atom is 0.251 e. The zero-order valence-corrected chi connectivity index (χ0v) is 28.0. The van der Waals surface area contributed by atoms with Gasteiger partial charge in [-0.2, -0.15) is 0 Å². The monoisotopic (exact) mass is 667 g/mol. The second-order valence-corrected chi connectivity index (χ2v) is 15.3. The third-order valence-electron chi connectivity index (χ3n) is 10.2. The highest BCUT2D eigenvalue weighted by atomic mass is 35.5. The number of amides is 3. The summed E-state index contributed by atoms with van der Waals surface area (Å²) in [6.07, 6.45) is 8.42. The number of carbonyl (C=O) groups excluding carboxylic acids is 3. The quantitative estimate of drug-likeness (QED) is 0.340. The van der Waals surface area contributed by atoms with Crippen LogP contribution >= 0.6 is 23.4 Å². The van der Waals surface area contributed by atoms with Crippen LogP contribution in [0.15, 0.2) is 103 Å². The lowest BCUT2D eigenvalue weighted by Crippen LogP contribution is -2.57. The number of aliphatic hydroxyl groups excluding tert-OH is 1. The van der Waals surface area contributed by atoms with Crippen LogP contribution in [0.5, 0.6) is 0 Å². The van der Waals surface area contributed by atoms with Crippen LogP contribution in [-0.2, 0) is 27.3 Å². The molecule has 9 heteroatoms. The molecule has 1 spiro atoms. The third-order valence-corrected chi connectivity index (χ3v) is 12.3. The van der Waals surface area contributed by atoms with Gasteiger partial charge < -0.3 is 19.8 Å². The van der Waals surface area contributed by atoms with E-state index in [-0.39, 0.29) is 30.9 Å². The predicted octanol–water partition coefficient (Wildman–Crippen LogP) is 5.44. The van der Waals surface area contributed by atoms with E-state index in [0.717, 1.165) is 16.7 Å². The average molecular weight is 668 g/mol. The smallest absolute Gasteiger partial charge is 0.251 e. The number of likely N-dealkylation sites (tertiary alicyclic amines) is 1. The number of hydrogen-bond donors (Lipinski definition) is 1. The fourth-order valence-electron chi connectivity index (χ4n) is 8.15. The summed E-state index contributed by atoms with van der Waals surface area (Å²) in [5.41, 5.74) is 3.40. The molecule has 1 N–H and O–H groups in total. The standard InChI is InChI=1S/C38H38ClN3O4S/c1-25-12-9-17-29(39)32(25)41-21-11-19-38-31(35(45)42(33(38)36(41)46)28(24-43)22-26-13-5-3-6-14-26)30-34(44)40(20-10-18-37(30,2)47-38)23-27-15-7-4-8-16-27/h3-19,28,30-31,33,43H,20-24H2,1-2H3/t28-,30-,31+,33?,37+,38+/m1/s1. The van der Waals surface area contributed by atoms with Gasteiger partial charge in [-0.15, -0.1) is 11.8 Å². The molecule has 0 aliphatic carbocycles. The first-order valence-corrected chi connectivity index (χ1v) is 17.3. The van der Waals surface area contributed by atoms with Crippen molar-refractivity contribution in [2.45, 2.75) is 48.4 Å². The summed E-state index contributed by atoms with van der Waals surface area (Å²) in [7, 11) is 0. The lowest BCUT2D eigenvalue weighted by atomic mass is 9.74. The Kier molecular flexibility index (Phi) is 8.31. The summed E-state index contributed by atoms with van der Waals surface area (Å²) in [6, 6.07) is 23.4. The maximum atomic E-state index is 15.1. The van der Waals surface area contributed by atoms with Crippen LogP contribution in [-0.4, -0.2) is 73.9 Å². The van der Waals surface area contributed by atoms with Crippen molar-refractivity contribution in [3.05, 3.63) is 125 Å². The number of aliphatic hydroxyl groups is 1. The second kappa shape index (κ2) is 12.3. The van der Waals surface area contributed by atoms with Crippen LogP contribution in [0.1, 0.15) is 23.6 Å². The number of fused-ring (bicyclic) bond motifs is 2. The maximum absolute atomic E-state index is 15.1. The first-order chi connectivity index (χ1) is 22.7. The van der Waals surface area contributed by atoms with Gasteiger partial charge in [0.2, 0.25) is 11.8 Å². The Hall–Kier alpha value is -3.85. The van der Waals surface area contributed by atoms with E-state index < -0.39 is 33.4 Å². The van der Waals surface area contributed by atoms with E-state index in [1.807, 2.05) is 110 Å². The molecule has 3 aromatic carbocycles. The summed E-state index contributed by atoms with van der Waals surface area (Å²) >= 11 is 8.28. The number of hydrogen-bond acceptors (Lipinski definition) is 5. The number of para-hydroxylation sites is 1. The molecular formula is C38H38ClN3O4S. The van der Waals surface area contributed by atoms with Crippen LogP contribution in [0, 0.1) is 18.8 Å². The molecule has 2 fully saturated rings. The van der Waals surface area contributed by atoms with Crippen molar-refractivity contribution < 1.29 is 19.5 Å². The molecule has 3 amide bonds. The number of carbonyl (C=O) groups is 3. The van der Waals surface area contributed by atoms with Crippen molar-refractivity contribution in [3.8, 4) is 0 Å².